The predicted octanol–water partition coefficient (Wildman–Crippen LogP) is 2.24. The van der Waals surface area contributed by atoms with Crippen molar-refractivity contribution in [2.75, 3.05) is 12.3 Å². The van der Waals surface area contributed by atoms with Crippen molar-refractivity contribution in [2.24, 2.45) is 0 Å². The zero-order chi connectivity index (χ0) is 26.7. The molecule has 1 aliphatic rings. The molecule has 0 spiro atoms. The molecule has 0 saturated carbocycles. The lowest BCUT2D eigenvalue weighted by atomic mass is 10.1. The van der Waals surface area contributed by atoms with Crippen molar-refractivity contribution in [3.05, 3.63) is 53.1 Å². The molecule has 0 amide bonds. The van der Waals surface area contributed by atoms with Crippen LogP contribution in [0.25, 0.3) is 0 Å². The Morgan fingerprint density at radius 3 is 2.67 bits per heavy atom. The van der Waals surface area contributed by atoms with E-state index in [0.29, 0.717) is 5.75 Å². The van der Waals surface area contributed by atoms with Crippen molar-refractivity contribution in [2.45, 2.75) is 56.5 Å². The summed E-state index contributed by atoms with van der Waals surface area (Å²) in [5.41, 5.74) is 4.55. The molecule has 1 saturated heterocycles. The molecule has 1 aliphatic heterocycles. The van der Waals surface area contributed by atoms with Crippen LogP contribution in [-0.4, -0.2) is 56.7 Å². The van der Waals surface area contributed by atoms with Gasteiger partial charge >= 0.3 is 18.3 Å². The summed E-state index contributed by atoms with van der Waals surface area (Å²) in [4.78, 5) is 28.0. The number of carbonyl (C=O) groups is 1. The van der Waals surface area contributed by atoms with Crippen molar-refractivity contribution >= 4 is 41.8 Å². The van der Waals surface area contributed by atoms with Crippen LogP contribution in [0.15, 0.2) is 47.4 Å². The molecule has 0 radical (unpaired) electrons. The monoisotopic (exact) mass is 564 g/mol. The van der Waals surface area contributed by atoms with Crippen molar-refractivity contribution in [1.29, 1.82) is 0 Å². The van der Waals surface area contributed by atoms with Crippen LogP contribution in [0.2, 0.25) is 0 Å². The summed E-state index contributed by atoms with van der Waals surface area (Å²) in [5.74, 6) is -0.320. The SMILES string of the molecule is CC(C)OC(=O)[C@H](C)N[P@](=S)(OC[C@H]1O[C@@H](n2ccc(N)nc2=O)[C@@](F)(Cl)[C@@H]1O)Oc1ccccc1. The number of ether oxygens (including phenoxy) is 2. The van der Waals surface area contributed by atoms with E-state index in [4.69, 9.17) is 47.7 Å². The van der Waals surface area contributed by atoms with Crippen LogP contribution < -0.4 is 21.0 Å². The van der Waals surface area contributed by atoms with Crippen LogP contribution in [0.1, 0.15) is 27.0 Å². The van der Waals surface area contributed by atoms with Crippen molar-refractivity contribution in [3.63, 3.8) is 0 Å². The van der Waals surface area contributed by atoms with Gasteiger partial charge in [-0.15, -0.1) is 0 Å². The first kappa shape index (κ1) is 28.5. The second-order valence-corrected chi connectivity index (χ2v) is 11.9. The first-order valence-corrected chi connectivity index (χ1v) is 13.9. The number of para-hydroxylation sites is 1. The second-order valence-electron chi connectivity index (χ2n) is 8.22. The molecule has 4 N–H and O–H groups in total. The van der Waals surface area contributed by atoms with Crippen LogP contribution in [-0.2, 0) is 30.6 Å². The van der Waals surface area contributed by atoms with Gasteiger partial charge in [0.2, 0.25) is 0 Å². The Hall–Kier alpha value is -2.12. The van der Waals surface area contributed by atoms with E-state index in [-0.39, 0.29) is 11.9 Å². The fourth-order valence-electron chi connectivity index (χ4n) is 3.22. The molecule has 0 unspecified atom stereocenters. The van der Waals surface area contributed by atoms with Crippen LogP contribution in [0.5, 0.6) is 5.75 Å². The van der Waals surface area contributed by atoms with Crippen molar-refractivity contribution in [3.8, 4) is 5.75 Å². The number of aromatic nitrogens is 2. The minimum absolute atomic E-state index is 0.0800. The van der Waals surface area contributed by atoms with Gasteiger partial charge in [-0.05, 0) is 50.8 Å². The summed E-state index contributed by atoms with van der Waals surface area (Å²) in [5, 5.41) is 10.4. The third-order valence-electron chi connectivity index (χ3n) is 4.92. The topological polar surface area (TPSA) is 147 Å². The van der Waals surface area contributed by atoms with Gasteiger partial charge < -0.3 is 29.4 Å². The van der Waals surface area contributed by atoms with Crippen LogP contribution in [0.4, 0.5) is 10.2 Å². The Bertz CT molecular complexity index is 1170. The Labute approximate surface area is 216 Å². The number of esters is 1. The van der Waals surface area contributed by atoms with E-state index in [1.165, 1.54) is 13.0 Å². The number of nitrogens with one attached hydrogen (secondary N) is 1. The lowest BCUT2D eigenvalue weighted by molar-refractivity contribution is -0.149. The molecule has 36 heavy (non-hydrogen) atoms. The number of aliphatic hydroxyl groups is 1. The van der Waals surface area contributed by atoms with Gasteiger partial charge in [-0.1, -0.05) is 29.8 Å². The number of alkyl halides is 2. The van der Waals surface area contributed by atoms with Gasteiger partial charge in [0, 0.05) is 6.20 Å². The average Bonchev–Trinajstić information content (AvgIpc) is 3.01. The zero-order valence-electron chi connectivity index (χ0n) is 19.6. The number of nitrogen functional groups attached to an aromatic ring is 1. The second kappa shape index (κ2) is 11.5. The number of carbonyl (C=O) groups excluding carboxylic acids is 1. The molecule has 1 fully saturated rings. The third kappa shape index (κ3) is 6.80. The van der Waals surface area contributed by atoms with Gasteiger partial charge in [-0.25, -0.2) is 14.3 Å². The highest BCUT2D eigenvalue weighted by Gasteiger charge is 2.58. The van der Waals surface area contributed by atoms with Crippen LogP contribution >= 0.6 is 18.2 Å². The van der Waals surface area contributed by atoms with Crippen LogP contribution in [0, 0.1) is 0 Å². The average molecular weight is 565 g/mol. The molecule has 11 nitrogen and oxygen atoms in total. The lowest BCUT2D eigenvalue weighted by Crippen LogP contribution is -2.41. The molecular weight excluding hydrogens is 538 g/mol. The largest absolute Gasteiger partial charge is 0.462 e. The summed E-state index contributed by atoms with van der Waals surface area (Å²) in [7, 11) is 0. The first-order chi connectivity index (χ1) is 16.8. The number of rotatable bonds is 10. The molecular formula is C21H27ClFN4O7PS. The van der Waals surface area contributed by atoms with Gasteiger partial charge in [-0.3, -0.25) is 9.36 Å². The maximum absolute atomic E-state index is 15.3. The number of hydrogen-bond acceptors (Lipinski definition) is 10. The van der Waals surface area contributed by atoms with Crippen LogP contribution in [0.3, 0.4) is 0 Å². The quantitative estimate of drug-likeness (QED) is 0.222. The molecule has 15 heteroatoms. The summed E-state index contributed by atoms with van der Waals surface area (Å²) in [6.07, 6.45) is -4.22. The number of benzene rings is 1. The first-order valence-electron chi connectivity index (χ1n) is 10.9. The molecule has 3 rings (SSSR count). The molecule has 1 aromatic carbocycles. The Morgan fingerprint density at radius 1 is 1.39 bits per heavy atom. The highest BCUT2D eigenvalue weighted by atomic mass is 35.5. The van der Waals surface area contributed by atoms with E-state index in [0.717, 1.165) is 10.8 Å². The number of aliphatic hydroxyl groups excluding tert-OH is 1. The van der Waals surface area contributed by atoms with E-state index in [2.05, 4.69) is 10.1 Å². The van der Waals surface area contributed by atoms with Gasteiger partial charge in [0.1, 0.15) is 29.8 Å². The zero-order valence-corrected chi connectivity index (χ0v) is 22.1. The maximum atomic E-state index is 15.3. The smallest absolute Gasteiger partial charge is 0.351 e. The third-order valence-corrected chi connectivity index (χ3v) is 7.83. The number of halogens is 2. The van der Waals surface area contributed by atoms with Gasteiger partial charge in [0.15, 0.2) is 6.23 Å². The van der Waals surface area contributed by atoms with Gasteiger partial charge in [0.25, 0.3) is 5.13 Å². The molecule has 2 heterocycles. The summed E-state index contributed by atoms with van der Waals surface area (Å²) < 4.78 is 38.4. The molecule has 2 aromatic rings. The molecule has 198 valence electrons. The summed E-state index contributed by atoms with van der Waals surface area (Å²) in [6, 6.07) is 8.79. The number of nitrogens with zero attached hydrogens (tertiary/aromatic N) is 2. The Morgan fingerprint density at radius 2 is 2.06 bits per heavy atom. The highest BCUT2D eigenvalue weighted by Crippen LogP contribution is 2.48. The molecule has 1 aromatic heterocycles. The number of hydrogen-bond donors (Lipinski definition) is 3. The van der Waals surface area contributed by atoms with Crippen molar-refractivity contribution < 1.29 is 32.8 Å². The maximum Gasteiger partial charge on any atom is 0.351 e. The van der Waals surface area contributed by atoms with Gasteiger partial charge in [-0.2, -0.15) is 4.98 Å². The predicted molar refractivity (Wildman–Crippen MR) is 134 cm³/mol. The van der Waals surface area contributed by atoms with Crippen molar-refractivity contribution in [1.82, 2.24) is 14.6 Å². The standard InChI is InChI=1S/C21H27ClFN4O7PS/c1-12(2)32-18(29)13(3)26-35(36,34-14-7-5-4-6-8-14)31-11-15-17(28)21(22,23)19(33-15)27-10-9-16(24)25-20(27)30/h4-10,12-13,15,17,19,28H,11H2,1-3H3,(H,26,36)(H2,24,25,30)/t13-,15+,17+,19+,21+,35-/m0/s1. The lowest BCUT2D eigenvalue weighted by Gasteiger charge is -2.28. The number of nitrogens with two attached hydrogens (primary N) is 1. The Kier molecular flexibility index (Phi) is 9.10. The Balaban J connectivity index is 1.79. The van der Waals surface area contributed by atoms with Gasteiger partial charge in [0.05, 0.1) is 12.7 Å². The van der Waals surface area contributed by atoms with E-state index in [1.807, 2.05) is 0 Å². The molecule has 0 bridgehead atoms. The fraction of sp³-hybridized carbons (Fsp3) is 0.476. The highest BCUT2D eigenvalue weighted by molar-refractivity contribution is 8.09. The van der Waals surface area contributed by atoms with E-state index < -0.39 is 54.5 Å². The van der Waals surface area contributed by atoms with E-state index in [1.54, 1.807) is 44.2 Å². The number of anilines is 1. The molecule has 0 aliphatic carbocycles. The fourth-order valence-corrected chi connectivity index (χ4v) is 5.93. The van der Waals surface area contributed by atoms with E-state index in [9.17, 15) is 14.7 Å². The molecule has 6 atom stereocenters. The minimum atomic E-state index is -3.49. The summed E-state index contributed by atoms with van der Waals surface area (Å²) in [6.45, 7) is 0.933. The summed E-state index contributed by atoms with van der Waals surface area (Å²) >= 11 is 11.5. The van der Waals surface area contributed by atoms with E-state index >= 15 is 4.39 Å². The normalized spacial score (nSPS) is 26.4. The minimum Gasteiger partial charge on any atom is -0.462 e.